The Morgan fingerprint density at radius 1 is 1.09 bits per heavy atom. The topological polar surface area (TPSA) is 96.4 Å². The lowest BCUT2D eigenvalue weighted by molar-refractivity contribution is 0.385. The van der Waals surface area contributed by atoms with Crippen LogP contribution < -0.4 is 11.0 Å². The molecular weight excluding hydrogens is 338 g/mol. The van der Waals surface area contributed by atoms with Crippen LogP contribution in [0.3, 0.4) is 0 Å². The van der Waals surface area contributed by atoms with Gasteiger partial charge in [-0.15, -0.1) is 0 Å². The van der Waals surface area contributed by atoms with E-state index in [2.05, 4.69) is 4.98 Å². The molecule has 0 saturated carbocycles. The summed E-state index contributed by atoms with van der Waals surface area (Å²) in [6, 6.07) is 12.9. The van der Waals surface area contributed by atoms with Crippen molar-refractivity contribution in [2.24, 2.45) is 0 Å². The first kappa shape index (κ1) is 15.8. The van der Waals surface area contributed by atoms with Gasteiger partial charge in [-0.3, -0.25) is 4.57 Å². The maximum atomic E-state index is 13.7. The van der Waals surface area contributed by atoms with Crippen molar-refractivity contribution < 1.29 is 18.7 Å². The van der Waals surface area contributed by atoms with Crippen LogP contribution in [0.15, 0.2) is 48.5 Å². The number of hydrogen-bond acceptors (Lipinski definition) is 4. The fraction of sp³-hybridized carbons (Fsp3) is 0. The molecule has 0 radical (unpaired) electrons. The first-order valence-corrected chi connectivity index (χ1v) is 8.97. The molecule has 3 aromatic rings. The molecule has 0 fully saturated rings. The van der Waals surface area contributed by atoms with Gasteiger partial charge in [-0.1, -0.05) is 41.7 Å². The third kappa shape index (κ3) is 3.18. The van der Waals surface area contributed by atoms with E-state index in [1.807, 2.05) is 30.3 Å². The van der Waals surface area contributed by atoms with Gasteiger partial charge >= 0.3 is 7.60 Å². The lowest BCUT2D eigenvalue weighted by Gasteiger charge is -2.08. The van der Waals surface area contributed by atoms with Crippen LogP contribution in [-0.4, -0.2) is 14.8 Å². The molecule has 118 valence electrons. The maximum Gasteiger partial charge on any atom is 0.359 e. The van der Waals surface area contributed by atoms with E-state index in [-0.39, 0.29) is 0 Å². The molecule has 1 aromatic heterocycles. The van der Waals surface area contributed by atoms with Crippen molar-refractivity contribution in [3.05, 3.63) is 54.3 Å². The summed E-state index contributed by atoms with van der Waals surface area (Å²) in [6.07, 6.45) is 0. The third-order valence-electron chi connectivity index (χ3n) is 3.21. The highest BCUT2D eigenvalue weighted by molar-refractivity contribution is 7.60. The molecule has 4 N–H and O–H groups in total. The second-order valence-electron chi connectivity index (χ2n) is 4.81. The lowest BCUT2D eigenvalue weighted by atomic mass is 10.1. The number of nitrogen functional groups attached to an aromatic ring is 1. The zero-order chi connectivity index (χ0) is 16.6. The summed E-state index contributed by atoms with van der Waals surface area (Å²) in [7, 11) is -4.71. The number of nitrogens with two attached hydrogens (primary N) is 1. The van der Waals surface area contributed by atoms with Crippen LogP contribution in [0, 0.1) is 5.82 Å². The first-order valence-electron chi connectivity index (χ1n) is 6.54. The number of anilines is 1. The van der Waals surface area contributed by atoms with Crippen LogP contribution >= 0.6 is 18.9 Å². The normalized spacial score (nSPS) is 11.6. The van der Waals surface area contributed by atoms with Crippen molar-refractivity contribution in [1.82, 2.24) is 4.98 Å². The van der Waals surface area contributed by atoms with Crippen molar-refractivity contribution in [1.29, 1.82) is 0 Å². The van der Waals surface area contributed by atoms with Crippen LogP contribution in [0.25, 0.3) is 21.7 Å². The Morgan fingerprint density at radius 2 is 1.78 bits per heavy atom. The van der Waals surface area contributed by atoms with Gasteiger partial charge in [-0.25, -0.2) is 9.37 Å². The van der Waals surface area contributed by atoms with Crippen LogP contribution in [0.1, 0.15) is 0 Å². The van der Waals surface area contributed by atoms with Crippen LogP contribution in [0.2, 0.25) is 0 Å². The average molecular weight is 350 g/mol. The largest absolute Gasteiger partial charge is 0.375 e. The minimum absolute atomic E-state index is 0.320. The summed E-state index contributed by atoms with van der Waals surface area (Å²) in [4.78, 5) is 23.5. The number of aromatic nitrogens is 1. The number of thiazole rings is 1. The average Bonchev–Trinajstić information content (AvgIpc) is 2.89. The van der Waals surface area contributed by atoms with Gasteiger partial charge in [0.1, 0.15) is 11.1 Å². The molecule has 1 heterocycles. The highest BCUT2D eigenvalue weighted by atomic mass is 32.1. The molecule has 0 aliphatic heterocycles. The van der Waals surface area contributed by atoms with E-state index in [9.17, 15) is 18.7 Å². The van der Waals surface area contributed by atoms with E-state index >= 15 is 0 Å². The molecule has 23 heavy (non-hydrogen) atoms. The van der Waals surface area contributed by atoms with E-state index < -0.39 is 18.7 Å². The van der Waals surface area contributed by atoms with Gasteiger partial charge in [0.2, 0.25) is 0 Å². The van der Waals surface area contributed by atoms with E-state index in [1.165, 1.54) is 17.4 Å². The zero-order valence-electron chi connectivity index (χ0n) is 11.7. The summed E-state index contributed by atoms with van der Waals surface area (Å²) in [5.74, 6) is -0.952. The Balaban J connectivity index is 2.19. The molecule has 0 unspecified atom stereocenters. The highest BCUT2D eigenvalue weighted by Gasteiger charge is 2.24. The molecule has 0 atom stereocenters. The van der Waals surface area contributed by atoms with Gasteiger partial charge in [0.15, 0.2) is 5.13 Å². The van der Waals surface area contributed by atoms with Gasteiger partial charge in [-0.05, 0) is 23.8 Å². The standard InChI is InChI=1S/C15H12FN2O3PS/c16-11-7-6-10(8-12(11)22(19,20)21)13-14(23-15(17)18-13)9-4-2-1-3-5-9/h1-8H,(H2,17,18)(H2,19,20,21). The Kier molecular flexibility index (Phi) is 4.04. The fourth-order valence-electron chi connectivity index (χ4n) is 2.20. The fourth-order valence-corrected chi connectivity index (χ4v) is 3.72. The van der Waals surface area contributed by atoms with Crippen LogP contribution in [0.5, 0.6) is 0 Å². The Hall–Kier alpha value is -2.05. The molecule has 2 aromatic carbocycles. The zero-order valence-corrected chi connectivity index (χ0v) is 13.4. The van der Waals surface area contributed by atoms with Crippen LogP contribution in [-0.2, 0) is 4.57 Å². The molecule has 0 bridgehead atoms. The number of nitrogens with zero attached hydrogens (tertiary/aromatic N) is 1. The van der Waals surface area contributed by atoms with Gasteiger partial charge < -0.3 is 15.5 Å². The van der Waals surface area contributed by atoms with Crippen molar-refractivity contribution in [3.8, 4) is 21.7 Å². The van der Waals surface area contributed by atoms with E-state index in [1.54, 1.807) is 0 Å². The predicted octanol–water partition coefficient (Wildman–Crippen LogP) is 3.00. The van der Waals surface area contributed by atoms with Gasteiger partial charge in [0, 0.05) is 5.56 Å². The molecule has 0 amide bonds. The molecule has 0 aliphatic rings. The van der Waals surface area contributed by atoms with Crippen molar-refractivity contribution >= 4 is 29.4 Å². The Bertz CT molecular complexity index is 908. The quantitative estimate of drug-likeness (QED) is 0.631. The summed E-state index contributed by atoms with van der Waals surface area (Å²) in [5, 5.41) is -0.332. The summed E-state index contributed by atoms with van der Waals surface area (Å²) >= 11 is 1.26. The minimum atomic E-state index is -4.71. The molecular formula is C15H12FN2O3PS. The van der Waals surface area contributed by atoms with E-state index in [0.717, 1.165) is 22.6 Å². The number of hydrogen-bond donors (Lipinski definition) is 3. The van der Waals surface area contributed by atoms with Crippen molar-refractivity contribution in [2.45, 2.75) is 0 Å². The van der Waals surface area contributed by atoms with Gasteiger partial charge in [0.25, 0.3) is 0 Å². The molecule has 0 saturated heterocycles. The first-order chi connectivity index (χ1) is 10.9. The maximum absolute atomic E-state index is 13.7. The Morgan fingerprint density at radius 3 is 2.43 bits per heavy atom. The second kappa shape index (κ2) is 5.86. The lowest BCUT2D eigenvalue weighted by Crippen LogP contribution is -2.09. The highest BCUT2D eigenvalue weighted by Crippen LogP contribution is 2.40. The van der Waals surface area contributed by atoms with Crippen molar-refractivity contribution in [2.75, 3.05) is 5.73 Å². The molecule has 5 nitrogen and oxygen atoms in total. The SMILES string of the molecule is Nc1nc(-c2ccc(F)c(P(=O)(O)O)c2)c(-c2ccccc2)s1. The van der Waals surface area contributed by atoms with E-state index in [4.69, 9.17) is 5.73 Å². The number of halogens is 1. The predicted molar refractivity (Wildman–Crippen MR) is 89.0 cm³/mol. The smallest absolute Gasteiger partial charge is 0.359 e. The molecule has 0 spiro atoms. The van der Waals surface area contributed by atoms with E-state index in [0.29, 0.717) is 16.4 Å². The number of benzene rings is 2. The van der Waals surface area contributed by atoms with Crippen molar-refractivity contribution in [3.63, 3.8) is 0 Å². The Labute approximate surface area is 135 Å². The summed E-state index contributed by atoms with van der Waals surface area (Å²) in [6.45, 7) is 0. The summed E-state index contributed by atoms with van der Waals surface area (Å²) in [5.41, 5.74) is 7.53. The second-order valence-corrected chi connectivity index (χ2v) is 7.41. The third-order valence-corrected chi connectivity index (χ3v) is 5.12. The monoisotopic (exact) mass is 350 g/mol. The van der Waals surface area contributed by atoms with Gasteiger partial charge in [0.05, 0.1) is 10.6 Å². The molecule has 8 heteroatoms. The summed E-state index contributed by atoms with van der Waals surface area (Å²) < 4.78 is 25.1. The molecule has 0 aliphatic carbocycles. The number of rotatable bonds is 3. The minimum Gasteiger partial charge on any atom is -0.375 e. The van der Waals surface area contributed by atoms with Crippen LogP contribution in [0.4, 0.5) is 9.52 Å². The molecule has 3 rings (SSSR count). The van der Waals surface area contributed by atoms with Gasteiger partial charge in [-0.2, -0.15) is 0 Å².